The molecule has 4 rings (SSSR count). The van der Waals surface area contributed by atoms with E-state index in [4.69, 9.17) is 0 Å². The third-order valence-corrected chi connectivity index (χ3v) is 4.62. The third-order valence-electron chi connectivity index (χ3n) is 4.62. The third kappa shape index (κ3) is 3.62. The normalized spacial score (nSPS) is 15.2. The lowest BCUT2D eigenvalue weighted by atomic mass is 10.1. The molecule has 2 aromatic carbocycles. The van der Waals surface area contributed by atoms with E-state index in [0.717, 1.165) is 38.4 Å². The van der Waals surface area contributed by atoms with Crippen molar-refractivity contribution in [3.8, 4) is 5.69 Å². The van der Waals surface area contributed by atoms with E-state index < -0.39 is 0 Å². The molecule has 7 heteroatoms. The Balaban J connectivity index is 1.39. The maximum atomic E-state index is 12.8. The number of rotatable bonds is 4. The van der Waals surface area contributed by atoms with E-state index in [-0.39, 0.29) is 5.91 Å². The van der Waals surface area contributed by atoms with Crippen LogP contribution in [0.1, 0.15) is 15.9 Å². The molecule has 0 spiro atoms. The molecule has 26 heavy (non-hydrogen) atoms. The average Bonchev–Trinajstić information content (AvgIpc) is 3.24. The summed E-state index contributed by atoms with van der Waals surface area (Å²) in [4.78, 5) is 17.1. The van der Waals surface area contributed by atoms with E-state index in [1.54, 1.807) is 4.68 Å². The second kappa shape index (κ2) is 7.45. The molecule has 0 N–H and O–H groups in total. The molecule has 3 aromatic rings. The number of piperazine rings is 1. The van der Waals surface area contributed by atoms with E-state index in [1.165, 1.54) is 11.9 Å². The lowest BCUT2D eigenvalue weighted by molar-refractivity contribution is 0.0628. The summed E-state index contributed by atoms with van der Waals surface area (Å²) >= 11 is 0. The van der Waals surface area contributed by atoms with Gasteiger partial charge in [0.2, 0.25) is 0 Å². The fourth-order valence-electron chi connectivity index (χ4n) is 3.19. The summed E-state index contributed by atoms with van der Waals surface area (Å²) in [6, 6.07) is 17.8. The summed E-state index contributed by atoms with van der Waals surface area (Å²) in [6.45, 7) is 4.17. The molecule has 1 amide bonds. The fraction of sp³-hybridized carbons (Fsp3) is 0.263. The van der Waals surface area contributed by atoms with Crippen LogP contribution in [0.4, 0.5) is 0 Å². The molecule has 1 aromatic heterocycles. The fourth-order valence-corrected chi connectivity index (χ4v) is 3.19. The molecule has 132 valence electrons. The van der Waals surface area contributed by atoms with Crippen LogP contribution in [0.3, 0.4) is 0 Å². The molecule has 0 radical (unpaired) electrons. The summed E-state index contributed by atoms with van der Waals surface area (Å²) < 4.78 is 1.55. The molecule has 0 atom stereocenters. The van der Waals surface area contributed by atoms with Gasteiger partial charge in [-0.2, -0.15) is 0 Å². The number of amides is 1. The van der Waals surface area contributed by atoms with Gasteiger partial charge in [0.15, 0.2) is 0 Å². The molecule has 1 aliphatic rings. The Morgan fingerprint density at radius 1 is 0.962 bits per heavy atom. The van der Waals surface area contributed by atoms with E-state index in [9.17, 15) is 4.79 Å². The maximum absolute atomic E-state index is 12.8. The van der Waals surface area contributed by atoms with Gasteiger partial charge in [-0.05, 0) is 34.2 Å². The largest absolute Gasteiger partial charge is 0.336 e. The van der Waals surface area contributed by atoms with Gasteiger partial charge in [-0.3, -0.25) is 9.69 Å². The zero-order valence-electron chi connectivity index (χ0n) is 14.4. The van der Waals surface area contributed by atoms with Gasteiger partial charge < -0.3 is 4.90 Å². The molecule has 7 nitrogen and oxygen atoms in total. The minimum atomic E-state index is 0.0549. The Kier molecular flexibility index (Phi) is 4.70. The number of benzene rings is 2. The van der Waals surface area contributed by atoms with Gasteiger partial charge in [0.1, 0.15) is 6.33 Å². The Morgan fingerprint density at radius 3 is 2.50 bits per heavy atom. The highest BCUT2D eigenvalue weighted by Gasteiger charge is 2.22. The standard InChI is InChI=1S/C19H20N6O/c26-19(17-7-4-8-18(13-17)25-15-20-21-22-25)24-11-9-23(10-12-24)14-16-5-2-1-3-6-16/h1-8,13,15H,9-12,14H2. The smallest absolute Gasteiger partial charge is 0.254 e. The topological polar surface area (TPSA) is 67.2 Å². The van der Waals surface area contributed by atoms with Gasteiger partial charge in [0.25, 0.3) is 5.91 Å². The minimum Gasteiger partial charge on any atom is -0.336 e. The second-order valence-electron chi connectivity index (χ2n) is 6.36. The van der Waals surface area contributed by atoms with Crippen LogP contribution in [0.15, 0.2) is 60.9 Å². The SMILES string of the molecule is O=C(c1cccc(-n2cnnn2)c1)N1CCN(Cc2ccccc2)CC1. The van der Waals surface area contributed by atoms with Gasteiger partial charge in [0.05, 0.1) is 5.69 Å². The molecular weight excluding hydrogens is 328 g/mol. The monoisotopic (exact) mass is 348 g/mol. The summed E-state index contributed by atoms with van der Waals surface area (Å²) in [5, 5.41) is 11.1. The maximum Gasteiger partial charge on any atom is 0.254 e. The van der Waals surface area contributed by atoms with Crippen molar-refractivity contribution < 1.29 is 4.79 Å². The highest BCUT2D eigenvalue weighted by Crippen LogP contribution is 2.14. The van der Waals surface area contributed by atoms with Crippen LogP contribution in [-0.2, 0) is 6.54 Å². The minimum absolute atomic E-state index is 0.0549. The van der Waals surface area contributed by atoms with Crippen molar-refractivity contribution in [1.82, 2.24) is 30.0 Å². The predicted molar refractivity (Wildman–Crippen MR) is 96.8 cm³/mol. The van der Waals surface area contributed by atoms with Crippen molar-refractivity contribution in [1.29, 1.82) is 0 Å². The summed E-state index contributed by atoms with van der Waals surface area (Å²) in [5.74, 6) is 0.0549. The zero-order valence-corrected chi connectivity index (χ0v) is 14.4. The van der Waals surface area contributed by atoms with Gasteiger partial charge >= 0.3 is 0 Å². The first-order chi connectivity index (χ1) is 12.8. The van der Waals surface area contributed by atoms with Crippen LogP contribution in [0, 0.1) is 0 Å². The van der Waals surface area contributed by atoms with Gasteiger partial charge in [-0.15, -0.1) is 5.10 Å². The molecule has 1 fully saturated rings. The Hall–Kier alpha value is -3.06. The van der Waals surface area contributed by atoms with Crippen molar-refractivity contribution in [3.63, 3.8) is 0 Å². The number of tetrazole rings is 1. The predicted octanol–water partition coefficient (Wildman–Crippen LogP) is 1.62. The van der Waals surface area contributed by atoms with Gasteiger partial charge in [-0.25, -0.2) is 4.68 Å². The van der Waals surface area contributed by atoms with Crippen LogP contribution in [-0.4, -0.2) is 62.1 Å². The Bertz CT molecular complexity index is 857. The van der Waals surface area contributed by atoms with Crippen molar-refractivity contribution in [2.45, 2.75) is 6.54 Å². The second-order valence-corrected chi connectivity index (χ2v) is 6.36. The van der Waals surface area contributed by atoms with Crippen LogP contribution >= 0.6 is 0 Å². The van der Waals surface area contributed by atoms with Crippen LogP contribution in [0.2, 0.25) is 0 Å². The first-order valence-corrected chi connectivity index (χ1v) is 8.68. The Labute approximate surface area is 151 Å². The summed E-state index contributed by atoms with van der Waals surface area (Å²) in [6.07, 6.45) is 1.52. The first kappa shape index (κ1) is 16.4. The van der Waals surface area contributed by atoms with Crippen LogP contribution in [0.25, 0.3) is 5.69 Å². The van der Waals surface area contributed by atoms with E-state index >= 15 is 0 Å². The lowest BCUT2D eigenvalue weighted by Crippen LogP contribution is -2.48. The molecular formula is C19H20N6O. The van der Waals surface area contributed by atoms with Crippen molar-refractivity contribution in [2.75, 3.05) is 26.2 Å². The lowest BCUT2D eigenvalue weighted by Gasteiger charge is -2.34. The van der Waals surface area contributed by atoms with E-state index in [2.05, 4.69) is 44.7 Å². The molecule has 1 aliphatic heterocycles. The van der Waals surface area contributed by atoms with Crippen LogP contribution in [0.5, 0.6) is 0 Å². The Morgan fingerprint density at radius 2 is 1.77 bits per heavy atom. The number of carbonyl (C=O) groups is 1. The van der Waals surface area contributed by atoms with Crippen LogP contribution < -0.4 is 0 Å². The summed E-state index contributed by atoms with van der Waals surface area (Å²) in [5.41, 5.74) is 2.75. The molecule has 0 unspecified atom stereocenters. The van der Waals surface area contributed by atoms with E-state index in [1.807, 2.05) is 35.2 Å². The highest BCUT2D eigenvalue weighted by atomic mass is 16.2. The number of nitrogens with zero attached hydrogens (tertiary/aromatic N) is 6. The van der Waals surface area contributed by atoms with Crippen molar-refractivity contribution in [2.24, 2.45) is 0 Å². The zero-order chi connectivity index (χ0) is 17.8. The summed E-state index contributed by atoms with van der Waals surface area (Å²) in [7, 11) is 0. The van der Waals surface area contributed by atoms with Crippen molar-refractivity contribution in [3.05, 3.63) is 72.1 Å². The molecule has 2 heterocycles. The van der Waals surface area contributed by atoms with Crippen molar-refractivity contribution >= 4 is 5.91 Å². The highest BCUT2D eigenvalue weighted by molar-refractivity contribution is 5.94. The van der Waals surface area contributed by atoms with Gasteiger partial charge in [0, 0.05) is 38.3 Å². The number of hydrogen-bond acceptors (Lipinski definition) is 5. The molecule has 0 saturated carbocycles. The number of hydrogen-bond donors (Lipinski definition) is 0. The van der Waals surface area contributed by atoms with E-state index in [0.29, 0.717) is 5.56 Å². The molecule has 1 saturated heterocycles. The molecule has 0 aliphatic carbocycles. The van der Waals surface area contributed by atoms with Gasteiger partial charge in [-0.1, -0.05) is 36.4 Å². The number of carbonyl (C=O) groups excluding carboxylic acids is 1. The number of aromatic nitrogens is 4. The first-order valence-electron chi connectivity index (χ1n) is 8.68. The average molecular weight is 348 g/mol. The quantitative estimate of drug-likeness (QED) is 0.717. The molecule has 0 bridgehead atoms.